The predicted octanol–water partition coefficient (Wildman–Crippen LogP) is 2.87. The van der Waals surface area contributed by atoms with Crippen molar-refractivity contribution in [3.8, 4) is 0 Å². The molecule has 1 aliphatic rings. The van der Waals surface area contributed by atoms with Crippen molar-refractivity contribution in [2.75, 3.05) is 0 Å². The molecule has 2 N–H and O–H groups in total. The molecule has 0 fully saturated rings. The van der Waals surface area contributed by atoms with Crippen LogP contribution in [0.3, 0.4) is 0 Å². The Kier molecular flexibility index (Phi) is 9.60. The van der Waals surface area contributed by atoms with E-state index in [9.17, 15) is 19.8 Å². The maximum absolute atomic E-state index is 11.4. The number of hydrogen-bond donors (Lipinski definition) is 2. The molecule has 4 atom stereocenters. The number of aryl methyl sites for hydroxylation is 1. The molecule has 4 unspecified atom stereocenters. The van der Waals surface area contributed by atoms with Gasteiger partial charge in [-0.1, -0.05) is 42.5 Å². The van der Waals surface area contributed by atoms with Crippen LogP contribution in [0.4, 0.5) is 0 Å². The van der Waals surface area contributed by atoms with E-state index in [-0.39, 0.29) is 24.9 Å². The molecule has 0 saturated carbocycles. The normalized spacial score (nSPS) is 19.6. The second-order valence-electron chi connectivity index (χ2n) is 7.31. The molecule has 0 aromatic heterocycles. The van der Waals surface area contributed by atoms with E-state index < -0.39 is 24.3 Å². The average molecular weight is 402 g/mol. The van der Waals surface area contributed by atoms with Crippen molar-refractivity contribution in [3.05, 3.63) is 60.2 Å². The molecule has 0 amide bonds. The second-order valence-corrected chi connectivity index (χ2v) is 7.31. The number of rotatable bonds is 11. The minimum Gasteiger partial charge on any atom is -0.462 e. The summed E-state index contributed by atoms with van der Waals surface area (Å²) < 4.78 is 10.4. The molecular formula is C23H30O6. The van der Waals surface area contributed by atoms with Crippen LogP contribution >= 0.6 is 0 Å². The lowest BCUT2D eigenvalue weighted by Crippen LogP contribution is -2.26. The summed E-state index contributed by atoms with van der Waals surface area (Å²) in [6, 6.07) is 9.87. The van der Waals surface area contributed by atoms with Crippen LogP contribution in [0.15, 0.2) is 54.6 Å². The first-order chi connectivity index (χ1) is 13.9. The molecule has 0 saturated heterocycles. The van der Waals surface area contributed by atoms with Crippen LogP contribution in [-0.2, 0) is 25.5 Å². The van der Waals surface area contributed by atoms with Gasteiger partial charge in [-0.25, -0.2) is 4.79 Å². The summed E-state index contributed by atoms with van der Waals surface area (Å²) in [7, 11) is 0. The van der Waals surface area contributed by atoms with E-state index in [1.54, 1.807) is 18.2 Å². The van der Waals surface area contributed by atoms with Crippen LogP contribution in [0.5, 0.6) is 0 Å². The summed E-state index contributed by atoms with van der Waals surface area (Å²) in [5, 5.41) is 20.5. The molecule has 1 aromatic carbocycles. The molecule has 2 rings (SSSR count). The third kappa shape index (κ3) is 9.54. The molecule has 0 spiro atoms. The number of carbonyl (C=O) groups is 2. The third-order valence-corrected chi connectivity index (χ3v) is 4.66. The van der Waals surface area contributed by atoms with Crippen molar-refractivity contribution in [2.45, 2.75) is 69.9 Å². The first-order valence-corrected chi connectivity index (χ1v) is 10.0. The van der Waals surface area contributed by atoms with Crippen LogP contribution in [0.25, 0.3) is 0 Å². The highest BCUT2D eigenvalue weighted by molar-refractivity contribution is 5.82. The van der Waals surface area contributed by atoms with Crippen LogP contribution in [-0.4, -0.2) is 46.6 Å². The van der Waals surface area contributed by atoms with Gasteiger partial charge in [0, 0.05) is 32.3 Å². The highest BCUT2D eigenvalue weighted by atomic mass is 16.5. The van der Waals surface area contributed by atoms with Gasteiger partial charge >= 0.3 is 11.9 Å². The number of hydrogen-bond acceptors (Lipinski definition) is 6. The minimum atomic E-state index is -0.783. The lowest BCUT2D eigenvalue weighted by atomic mass is 9.99. The molecule has 1 aromatic rings. The highest BCUT2D eigenvalue weighted by Crippen LogP contribution is 2.16. The number of aliphatic hydroxyl groups is 2. The van der Waals surface area contributed by atoms with E-state index in [0.717, 1.165) is 12.0 Å². The van der Waals surface area contributed by atoms with E-state index in [1.807, 2.05) is 30.3 Å². The quantitative estimate of drug-likeness (QED) is 0.437. The molecule has 6 nitrogen and oxygen atoms in total. The molecule has 1 aliphatic heterocycles. The van der Waals surface area contributed by atoms with Gasteiger partial charge in [0.2, 0.25) is 0 Å². The number of esters is 2. The monoisotopic (exact) mass is 402 g/mol. The van der Waals surface area contributed by atoms with Gasteiger partial charge in [-0.05, 0) is 30.9 Å². The predicted molar refractivity (Wildman–Crippen MR) is 109 cm³/mol. The van der Waals surface area contributed by atoms with Gasteiger partial charge in [-0.15, -0.1) is 0 Å². The molecule has 29 heavy (non-hydrogen) atoms. The fourth-order valence-electron chi connectivity index (χ4n) is 3.27. The Morgan fingerprint density at radius 3 is 2.69 bits per heavy atom. The van der Waals surface area contributed by atoms with Crippen molar-refractivity contribution >= 4 is 11.9 Å². The SMILES string of the molecule is CC(=O)OC(CC=CC1CC=CC(=O)O1)CC(O)CC(O)CCc1ccccc1. The molecular weight excluding hydrogens is 372 g/mol. The van der Waals surface area contributed by atoms with Crippen molar-refractivity contribution in [1.29, 1.82) is 0 Å². The van der Waals surface area contributed by atoms with E-state index >= 15 is 0 Å². The molecule has 158 valence electrons. The number of carbonyl (C=O) groups excluding carboxylic acids is 2. The lowest BCUT2D eigenvalue weighted by molar-refractivity contribution is -0.147. The first-order valence-electron chi connectivity index (χ1n) is 10.0. The van der Waals surface area contributed by atoms with Crippen LogP contribution < -0.4 is 0 Å². The Bertz CT molecular complexity index is 697. The standard InChI is InChI=1S/C23H30O6/c1-17(24)28-22(11-5-9-21-10-6-12-23(27)29-21)16-20(26)15-19(25)14-13-18-7-3-2-4-8-18/h2-9,12,19-22,25-26H,10-11,13-16H2,1H3. The maximum Gasteiger partial charge on any atom is 0.331 e. The molecule has 0 radical (unpaired) electrons. The summed E-state index contributed by atoms with van der Waals surface area (Å²) in [6.07, 6.45) is 7.21. The van der Waals surface area contributed by atoms with Crippen LogP contribution in [0.1, 0.15) is 44.6 Å². The van der Waals surface area contributed by atoms with Crippen molar-refractivity contribution < 1.29 is 29.3 Å². The number of benzene rings is 1. The van der Waals surface area contributed by atoms with Gasteiger partial charge in [-0.2, -0.15) is 0 Å². The van der Waals surface area contributed by atoms with Gasteiger partial charge in [0.15, 0.2) is 0 Å². The number of cyclic esters (lactones) is 1. The average Bonchev–Trinajstić information content (AvgIpc) is 2.66. The van der Waals surface area contributed by atoms with Crippen molar-refractivity contribution in [3.63, 3.8) is 0 Å². The number of aliphatic hydroxyl groups excluding tert-OH is 2. The zero-order valence-electron chi connectivity index (χ0n) is 16.8. The highest BCUT2D eigenvalue weighted by Gasteiger charge is 2.20. The minimum absolute atomic E-state index is 0.222. The lowest BCUT2D eigenvalue weighted by Gasteiger charge is -2.21. The fraction of sp³-hybridized carbons (Fsp3) is 0.478. The molecule has 6 heteroatoms. The molecule has 1 heterocycles. The molecule has 0 aliphatic carbocycles. The smallest absolute Gasteiger partial charge is 0.331 e. The first kappa shape index (κ1) is 22.8. The Labute approximate surface area is 171 Å². The van der Waals surface area contributed by atoms with Crippen molar-refractivity contribution in [1.82, 2.24) is 0 Å². The van der Waals surface area contributed by atoms with Gasteiger partial charge in [-0.3, -0.25) is 4.79 Å². The maximum atomic E-state index is 11.4. The van der Waals surface area contributed by atoms with Gasteiger partial charge in [0.05, 0.1) is 12.2 Å². The Hall–Kier alpha value is -2.44. The van der Waals surface area contributed by atoms with Crippen molar-refractivity contribution in [2.24, 2.45) is 0 Å². The Morgan fingerprint density at radius 1 is 1.24 bits per heavy atom. The Balaban J connectivity index is 1.77. The van der Waals surface area contributed by atoms with E-state index in [0.29, 0.717) is 19.3 Å². The summed E-state index contributed by atoms with van der Waals surface area (Å²) in [4.78, 5) is 22.6. The summed E-state index contributed by atoms with van der Waals surface area (Å²) in [6.45, 7) is 1.32. The van der Waals surface area contributed by atoms with Gasteiger partial charge < -0.3 is 19.7 Å². The zero-order chi connectivity index (χ0) is 21.1. The summed E-state index contributed by atoms with van der Waals surface area (Å²) in [5.41, 5.74) is 1.14. The fourth-order valence-corrected chi connectivity index (χ4v) is 3.27. The largest absolute Gasteiger partial charge is 0.462 e. The Morgan fingerprint density at radius 2 is 2.00 bits per heavy atom. The zero-order valence-corrected chi connectivity index (χ0v) is 16.8. The van der Waals surface area contributed by atoms with E-state index in [4.69, 9.17) is 9.47 Å². The van der Waals surface area contributed by atoms with Gasteiger partial charge in [0.1, 0.15) is 12.2 Å². The topological polar surface area (TPSA) is 93.1 Å². The van der Waals surface area contributed by atoms with Gasteiger partial charge in [0.25, 0.3) is 0 Å². The van der Waals surface area contributed by atoms with Crippen LogP contribution in [0, 0.1) is 0 Å². The summed E-state index contributed by atoms with van der Waals surface area (Å²) in [5.74, 6) is -0.797. The van der Waals surface area contributed by atoms with Crippen LogP contribution in [0.2, 0.25) is 0 Å². The van der Waals surface area contributed by atoms with E-state index in [1.165, 1.54) is 13.0 Å². The summed E-state index contributed by atoms with van der Waals surface area (Å²) >= 11 is 0. The van der Waals surface area contributed by atoms with E-state index in [2.05, 4.69) is 0 Å². The second kappa shape index (κ2) is 12.2. The molecule has 0 bridgehead atoms. The number of ether oxygens (including phenoxy) is 2. The third-order valence-electron chi connectivity index (χ3n) is 4.66.